The molecule has 0 atom stereocenters. The van der Waals surface area contributed by atoms with E-state index in [4.69, 9.17) is 4.74 Å². The van der Waals surface area contributed by atoms with Crippen LogP contribution in [-0.4, -0.2) is 21.2 Å². The average Bonchev–Trinajstić information content (AvgIpc) is 1.98. The topological polar surface area (TPSA) is 75.2 Å². The second-order valence-corrected chi connectivity index (χ2v) is 2.99. The molecule has 0 aliphatic heterocycles. The number of nitrogens with zero attached hydrogens (tertiary/aromatic N) is 1. The molecule has 1 aromatic rings. The van der Waals surface area contributed by atoms with Crippen molar-refractivity contribution in [3.8, 4) is 11.9 Å². The van der Waals surface area contributed by atoms with Crippen LogP contribution in [0.3, 0.4) is 0 Å². The molecule has 0 aromatic carbocycles. The Kier molecular flexibility index (Phi) is 2.55. The van der Waals surface area contributed by atoms with E-state index in [9.17, 15) is 9.90 Å². The maximum absolute atomic E-state index is 11.1. The summed E-state index contributed by atoms with van der Waals surface area (Å²) < 4.78 is 5.10. The van der Waals surface area contributed by atoms with Crippen LogP contribution in [0.4, 0.5) is 0 Å². The highest BCUT2D eigenvalue weighted by atomic mass is 16.5. The van der Waals surface area contributed by atoms with Gasteiger partial charge in [0.25, 0.3) is 11.6 Å². The number of hydrogen-bond donors (Lipinski definition) is 2. The van der Waals surface area contributed by atoms with Crippen LogP contribution in [0.2, 0.25) is 0 Å². The largest absolute Gasteiger partial charge is 0.493 e. The van der Waals surface area contributed by atoms with Crippen molar-refractivity contribution in [2.24, 2.45) is 0 Å². The number of rotatable bonds is 2. The highest BCUT2D eigenvalue weighted by Gasteiger charge is 2.07. The molecule has 1 aromatic heterocycles. The first-order valence-corrected chi connectivity index (χ1v) is 3.97. The lowest BCUT2D eigenvalue weighted by atomic mass is 10.4. The van der Waals surface area contributed by atoms with Gasteiger partial charge in [0.1, 0.15) is 0 Å². The third-order valence-electron chi connectivity index (χ3n) is 1.45. The fraction of sp³-hybridized carbons (Fsp3) is 0.500. The van der Waals surface area contributed by atoms with E-state index in [0.29, 0.717) is 0 Å². The lowest BCUT2D eigenvalue weighted by molar-refractivity contribution is 0.218. The van der Waals surface area contributed by atoms with Gasteiger partial charge in [0.05, 0.1) is 11.7 Å². The summed E-state index contributed by atoms with van der Waals surface area (Å²) in [6.07, 6.45) is -0.0924. The van der Waals surface area contributed by atoms with Crippen molar-refractivity contribution < 1.29 is 9.84 Å². The van der Waals surface area contributed by atoms with Gasteiger partial charge in [-0.1, -0.05) is 0 Å². The SMILES string of the molecule is Cc1c(O)nc(OC(C)C)[nH]c1=O. The minimum Gasteiger partial charge on any atom is -0.493 e. The number of aromatic hydroxyl groups is 1. The van der Waals surface area contributed by atoms with Crippen molar-refractivity contribution in [3.05, 3.63) is 15.9 Å². The molecule has 0 aliphatic rings. The Hall–Kier alpha value is -1.52. The van der Waals surface area contributed by atoms with Crippen molar-refractivity contribution >= 4 is 0 Å². The minimum absolute atomic E-state index is 0.0445. The van der Waals surface area contributed by atoms with Crippen LogP contribution >= 0.6 is 0 Å². The van der Waals surface area contributed by atoms with Crippen LogP contribution in [-0.2, 0) is 0 Å². The predicted molar refractivity (Wildman–Crippen MR) is 47.0 cm³/mol. The predicted octanol–water partition coefficient (Wildman–Crippen LogP) is 0.571. The maximum atomic E-state index is 11.1. The van der Waals surface area contributed by atoms with E-state index in [1.807, 2.05) is 0 Å². The van der Waals surface area contributed by atoms with E-state index in [-0.39, 0.29) is 29.1 Å². The number of aromatic amines is 1. The van der Waals surface area contributed by atoms with Gasteiger partial charge in [-0.15, -0.1) is 0 Å². The first-order chi connectivity index (χ1) is 6.00. The third-order valence-corrected chi connectivity index (χ3v) is 1.45. The molecule has 2 N–H and O–H groups in total. The van der Waals surface area contributed by atoms with E-state index in [2.05, 4.69) is 9.97 Å². The molecule has 0 spiro atoms. The molecule has 0 amide bonds. The standard InChI is InChI=1S/C8H12N2O3/c1-4(2)13-8-9-6(11)5(3)7(12)10-8/h4H,1-3H3,(H2,9,10,11,12). The number of hydrogen-bond acceptors (Lipinski definition) is 4. The number of aromatic nitrogens is 2. The molecule has 0 radical (unpaired) electrons. The zero-order chi connectivity index (χ0) is 10.0. The Balaban J connectivity index is 3.06. The normalized spacial score (nSPS) is 10.5. The highest BCUT2D eigenvalue weighted by molar-refractivity contribution is 5.21. The lowest BCUT2D eigenvalue weighted by Gasteiger charge is -2.08. The van der Waals surface area contributed by atoms with Crippen LogP contribution in [0.1, 0.15) is 19.4 Å². The van der Waals surface area contributed by atoms with E-state index in [1.165, 1.54) is 6.92 Å². The van der Waals surface area contributed by atoms with Crippen LogP contribution in [0.15, 0.2) is 4.79 Å². The summed E-state index contributed by atoms with van der Waals surface area (Å²) in [6.45, 7) is 5.09. The second-order valence-electron chi connectivity index (χ2n) is 2.99. The molecule has 0 fully saturated rings. The molecule has 5 heteroatoms. The Labute approximate surface area is 75.4 Å². The van der Waals surface area contributed by atoms with Gasteiger partial charge in [-0.25, -0.2) is 0 Å². The Bertz CT molecular complexity index is 357. The molecule has 0 aliphatic carbocycles. The Morgan fingerprint density at radius 2 is 2.15 bits per heavy atom. The van der Waals surface area contributed by atoms with Crippen LogP contribution < -0.4 is 10.3 Å². The van der Waals surface area contributed by atoms with Gasteiger partial charge < -0.3 is 9.84 Å². The van der Waals surface area contributed by atoms with Crippen molar-refractivity contribution in [2.75, 3.05) is 0 Å². The summed E-state index contributed by atoms with van der Waals surface area (Å²) in [5.41, 5.74) is -0.195. The van der Waals surface area contributed by atoms with Gasteiger partial charge >= 0.3 is 0 Å². The van der Waals surface area contributed by atoms with E-state index >= 15 is 0 Å². The fourth-order valence-corrected chi connectivity index (χ4v) is 0.779. The van der Waals surface area contributed by atoms with Crippen LogP contribution in [0.25, 0.3) is 0 Å². The molecule has 13 heavy (non-hydrogen) atoms. The maximum Gasteiger partial charge on any atom is 0.300 e. The zero-order valence-corrected chi connectivity index (χ0v) is 7.79. The zero-order valence-electron chi connectivity index (χ0n) is 7.79. The molecular formula is C8H12N2O3. The molecule has 5 nitrogen and oxygen atoms in total. The Morgan fingerprint density at radius 1 is 1.54 bits per heavy atom. The summed E-state index contributed by atoms with van der Waals surface area (Å²) in [5.74, 6) is -0.292. The first-order valence-electron chi connectivity index (χ1n) is 3.97. The van der Waals surface area contributed by atoms with Gasteiger partial charge in [0, 0.05) is 0 Å². The molecule has 0 unspecified atom stereocenters. The van der Waals surface area contributed by atoms with Crippen molar-refractivity contribution in [1.82, 2.24) is 9.97 Å². The van der Waals surface area contributed by atoms with Crippen molar-refractivity contribution in [1.29, 1.82) is 0 Å². The molecule has 0 bridgehead atoms. The van der Waals surface area contributed by atoms with E-state index < -0.39 is 0 Å². The summed E-state index contributed by atoms with van der Waals surface area (Å²) in [4.78, 5) is 17.2. The number of H-pyrrole nitrogens is 1. The van der Waals surface area contributed by atoms with Gasteiger partial charge in [-0.05, 0) is 20.8 Å². The second kappa shape index (κ2) is 3.47. The lowest BCUT2D eigenvalue weighted by Crippen LogP contribution is -2.16. The van der Waals surface area contributed by atoms with Gasteiger partial charge in [-0.3, -0.25) is 9.78 Å². The number of nitrogens with one attached hydrogen (secondary N) is 1. The first kappa shape index (κ1) is 9.57. The smallest absolute Gasteiger partial charge is 0.300 e. The van der Waals surface area contributed by atoms with Crippen LogP contribution in [0, 0.1) is 6.92 Å². The number of ether oxygens (including phenoxy) is 1. The van der Waals surface area contributed by atoms with Gasteiger partial charge in [-0.2, -0.15) is 4.98 Å². The van der Waals surface area contributed by atoms with Gasteiger partial charge in [0.15, 0.2) is 0 Å². The highest BCUT2D eigenvalue weighted by Crippen LogP contribution is 2.11. The molecular weight excluding hydrogens is 172 g/mol. The quantitative estimate of drug-likeness (QED) is 0.704. The van der Waals surface area contributed by atoms with E-state index in [1.54, 1.807) is 13.8 Å². The molecule has 1 rings (SSSR count). The van der Waals surface area contributed by atoms with Crippen molar-refractivity contribution in [2.45, 2.75) is 26.9 Å². The van der Waals surface area contributed by atoms with Crippen LogP contribution in [0.5, 0.6) is 11.9 Å². The fourth-order valence-electron chi connectivity index (χ4n) is 0.779. The van der Waals surface area contributed by atoms with Crippen molar-refractivity contribution in [3.63, 3.8) is 0 Å². The summed E-state index contributed by atoms with van der Waals surface area (Å²) in [7, 11) is 0. The Morgan fingerprint density at radius 3 is 2.62 bits per heavy atom. The summed E-state index contributed by atoms with van der Waals surface area (Å²) >= 11 is 0. The molecule has 0 saturated heterocycles. The van der Waals surface area contributed by atoms with E-state index in [0.717, 1.165) is 0 Å². The van der Waals surface area contributed by atoms with Gasteiger partial charge in [0.2, 0.25) is 5.88 Å². The summed E-state index contributed by atoms with van der Waals surface area (Å²) in [5, 5.41) is 9.18. The average molecular weight is 184 g/mol. The summed E-state index contributed by atoms with van der Waals surface area (Å²) in [6, 6.07) is 0.0445. The minimum atomic E-state index is -0.386. The molecule has 1 heterocycles. The monoisotopic (exact) mass is 184 g/mol. The molecule has 0 saturated carbocycles. The molecule has 72 valence electrons. The third kappa shape index (κ3) is 2.21.